The molecule has 10 nitrogen and oxygen atoms in total. The standard InChI is InChI=1S/C19H23FN6O4/c1-2-29-18(27)24-9-7-23(8-10-24)17-4-3-14(11-16(17)20)26-13-15(30-19(26)28)12-25-6-5-21-22-25/h3-6,11,15H,2,7-10,12-13H2,1H3/t15-/m0/s1. The molecule has 2 aliphatic rings. The van der Waals surface area contributed by atoms with E-state index in [1.807, 2.05) is 4.90 Å². The van der Waals surface area contributed by atoms with Crippen LogP contribution in [0.25, 0.3) is 0 Å². The molecule has 160 valence electrons. The highest BCUT2D eigenvalue weighted by atomic mass is 19.1. The van der Waals surface area contributed by atoms with Gasteiger partial charge < -0.3 is 19.3 Å². The highest BCUT2D eigenvalue weighted by molar-refractivity contribution is 5.90. The van der Waals surface area contributed by atoms with Gasteiger partial charge >= 0.3 is 12.2 Å². The van der Waals surface area contributed by atoms with Gasteiger partial charge in [0.15, 0.2) is 0 Å². The lowest BCUT2D eigenvalue weighted by Gasteiger charge is -2.35. The molecule has 0 unspecified atom stereocenters. The van der Waals surface area contributed by atoms with E-state index >= 15 is 0 Å². The minimum atomic E-state index is -0.518. The minimum absolute atomic E-state index is 0.301. The molecule has 0 N–H and O–H groups in total. The average molecular weight is 418 g/mol. The molecule has 1 atom stereocenters. The van der Waals surface area contributed by atoms with Crippen molar-refractivity contribution < 1.29 is 23.5 Å². The SMILES string of the molecule is CCOC(=O)N1CCN(c2ccc(N3C[C@H](Cn4ccnn4)OC3=O)cc2F)CC1. The molecule has 0 bridgehead atoms. The molecule has 2 aliphatic heterocycles. The molecule has 30 heavy (non-hydrogen) atoms. The molecule has 1 aromatic carbocycles. The van der Waals surface area contributed by atoms with Gasteiger partial charge in [-0.1, -0.05) is 5.21 Å². The van der Waals surface area contributed by atoms with E-state index in [-0.39, 0.29) is 6.09 Å². The summed E-state index contributed by atoms with van der Waals surface area (Å²) in [5, 5.41) is 7.59. The number of hydrogen-bond donors (Lipinski definition) is 0. The number of halogens is 1. The lowest BCUT2D eigenvalue weighted by Crippen LogP contribution is -2.49. The van der Waals surface area contributed by atoms with E-state index in [1.165, 1.54) is 11.0 Å². The van der Waals surface area contributed by atoms with Gasteiger partial charge in [-0.05, 0) is 25.1 Å². The number of piperazine rings is 1. The molecule has 4 rings (SSSR count). The zero-order valence-corrected chi connectivity index (χ0v) is 16.6. The normalized spacial score (nSPS) is 19.2. The number of nitrogens with zero attached hydrogens (tertiary/aromatic N) is 6. The molecule has 11 heteroatoms. The molecule has 0 saturated carbocycles. The maximum absolute atomic E-state index is 14.8. The van der Waals surface area contributed by atoms with Gasteiger partial charge in [0.25, 0.3) is 0 Å². The summed E-state index contributed by atoms with van der Waals surface area (Å²) < 4.78 is 26.8. The summed E-state index contributed by atoms with van der Waals surface area (Å²) in [6.07, 6.45) is 1.98. The lowest BCUT2D eigenvalue weighted by atomic mass is 10.2. The summed E-state index contributed by atoms with van der Waals surface area (Å²) in [6.45, 7) is 4.70. The van der Waals surface area contributed by atoms with E-state index in [9.17, 15) is 14.0 Å². The fourth-order valence-electron chi connectivity index (χ4n) is 3.63. The molecule has 2 amide bonds. The first-order valence-corrected chi connectivity index (χ1v) is 9.83. The number of anilines is 2. The first-order chi connectivity index (χ1) is 14.5. The number of ether oxygens (including phenoxy) is 2. The Morgan fingerprint density at radius 2 is 2.10 bits per heavy atom. The number of hydrogen-bond acceptors (Lipinski definition) is 7. The van der Waals surface area contributed by atoms with E-state index in [0.29, 0.717) is 57.3 Å². The van der Waals surface area contributed by atoms with E-state index < -0.39 is 18.0 Å². The predicted molar refractivity (Wildman–Crippen MR) is 105 cm³/mol. The Bertz CT molecular complexity index is 900. The predicted octanol–water partition coefficient (Wildman–Crippen LogP) is 1.72. The van der Waals surface area contributed by atoms with E-state index in [0.717, 1.165) is 0 Å². The topological polar surface area (TPSA) is 93.0 Å². The average Bonchev–Trinajstić information content (AvgIpc) is 3.38. The Morgan fingerprint density at radius 1 is 1.30 bits per heavy atom. The van der Waals surface area contributed by atoms with Crippen LogP contribution in [0.1, 0.15) is 6.92 Å². The first kappa shape index (κ1) is 19.9. The molecule has 2 saturated heterocycles. The number of aromatic nitrogens is 3. The van der Waals surface area contributed by atoms with Gasteiger partial charge in [0.05, 0.1) is 37.3 Å². The van der Waals surface area contributed by atoms with Crippen molar-refractivity contribution in [3.8, 4) is 0 Å². The molecule has 3 heterocycles. The van der Waals surface area contributed by atoms with Gasteiger partial charge in [0.1, 0.15) is 11.9 Å². The quantitative estimate of drug-likeness (QED) is 0.730. The molecular weight excluding hydrogens is 395 g/mol. The molecular formula is C19H23FN6O4. The van der Waals surface area contributed by atoms with Crippen LogP contribution in [-0.4, -0.2) is 77.5 Å². The van der Waals surface area contributed by atoms with E-state index in [4.69, 9.17) is 9.47 Å². The summed E-state index contributed by atoms with van der Waals surface area (Å²) in [5.41, 5.74) is 0.876. The minimum Gasteiger partial charge on any atom is -0.450 e. The second-order valence-electron chi connectivity index (χ2n) is 7.05. The number of rotatable bonds is 5. The second-order valence-corrected chi connectivity index (χ2v) is 7.05. The van der Waals surface area contributed by atoms with Crippen LogP contribution in [-0.2, 0) is 16.0 Å². The van der Waals surface area contributed by atoms with Gasteiger partial charge in [-0.25, -0.2) is 18.7 Å². The van der Waals surface area contributed by atoms with Crippen LogP contribution >= 0.6 is 0 Å². The van der Waals surface area contributed by atoms with E-state index in [2.05, 4.69) is 10.3 Å². The Hall–Kier alpha value is -3.37. The number of carbonyl (C=O) groups is 2. The molecule has 0 radical (unpaired) electrons. The molecule has 0 aliphatic carbocycles. The van der Waals surface area contributed by atoms with Crippen molar-refractivity contribution in [3.05, 3.63) is 36.4 Å². The number of cyclic esters (lactones) is 1. The maximum atomic E-state index is 14.8. The van der Waals surface area contributed by atoms with Crippen molar-refractivity contribution >= 4 is 23.6 Å². The van der Waals surface area contributed by atoms with E-state index in [1.54, 1.807) is 41.0 Å². The smallest absolute Gasteiger partial charge is 0.414 e. The van der Waals surface area contributed by atoms with Crippen molar-refractivity contribution in [2.45, 2.75) is 19.6 Å². The van der Waals surface area contributed by atoms with Gasteiger partial charge in [0.2, 0.25) is 0 Å². The molecule has 0 spiro atoms. The number of benzene rings is 1. The van der Waals surface area contributed by atoms with Crippen LogP contribution < -0.4 is 9.80 Å². The van der Waals surface area contributed by atoms with Gasteiger partial charge in [-0.2, -0.15) is 0 Å². The van der Waals surface area contributed by atoms with Crippen molar-refractivity contribution in [2.24, 2.45) is 0 Å². The zero-order valence-electron chi connectivity index (χ0n) is 16.6. The van der Waals surface area contributed by atoms with Crippen molar-refractivity contribution in [3.63, 3.8) is 0 Å². The van der Waals surface area contributed by atoms with Crippen molar-refractivity contribution in [1.82, 2.24) is 19.9 Å². The van der Waals surface area contributed by atoms with Crippen LogP contribution in [0, 0.1) is 5.82 Å². The fraction of sp³-hybridized carbons (Fsp3) is 0.474. The van der Waals surface area contributed by atoms with Crippen molar-refractivity contribution in [1.29, 1.82) is 0 Å². The Kier molecular flexibility index (Phi) is 5.68. The largest absolute Gasteiger partial charge is 0.450 e. The summed E-state index contributed by atoms with van der Waals surface area (Å²) in [6, 6.07) is 4.70. The van der Waals surface area contributed by atoms with Crippen LogP contribution in [0.15, 0.2) is 30.6 Å². The summed E-state index contributed by atoms with van der Waals surface area (Å²) in [4.78, 5) is 29.0. The highest BCUT2D eigenvalue weighted by Gasteiger charge is 2.33. The third kappa shape index (κ3) is 4.14. The molecule has 1 aromatic heterocycles. The Balaban J connectivity index is 1.39. The summed E-state index contributed by atoms with van der Waals surface area (Å²) in [5.74, 6) is -0.426. The Labute approximate surface area is 172 Å². The van der Waals surface area contributed by atoms with Crippen LogP contribution in [0.3, 0.4) is 0 Å². The maximum Gasteiger partial charge on any atom is 0.414 e. The summed E-state index contributed by atoms with van der Waals surface area (Å²) in [7, 11) is 0. The summed E-state index contributed by atoms with van der Waals surface area (Å²) >= 11 is 0. The first-order valence-electron chi connectivity index (χ1n) is 9.83. The number of carbonyl (C=O) groups excluding carboxylic acids is 2. The van der Waals surface area contributed by atoms with Crippen LogP contribution in [0.4, 0.5) is 25.4 Å². The van der Waals surface area contributed by atoms with Crippen LogP contribution in [0.2, 0.25) is 0 Å². The fourth-order valence-corrected chi connectivity index (χ4v) is 3.63. The molecule has 2 aromatic rings. The van der Waals surface area contributed by atoms with Gasteiger partial charge in [-0.3, -0.25) is 4.90 Å². The van der Waals surface area contributed by atoms with Gasteiger partial charge in [0, 0.05) is 32.4 Å². The number of amides is 2. The Morgan fingerprint density at radius 3 is 2.77 bits per heavy atom. The zero-order chi connectivity index (χ0) is 21.1. The highest BCUT2D eigenvalue weighted by Crippen LogP contribution is 2.28. The molecule has 2 fully saturated rings. The van der Waals surface area contributed by atoms with Crippen molar-refractivity contribution in [2.75, 3.05) is 49.1 Å². The lowest BCUT2D eigenvalue weighted by molar-refractivity contribution is 0.105. The van der Waals surface area contributed by atoms with Gasteiger partial charge in [-0.15, -0.1) is 5.10 Å². The third-order valence-electron chi connectivity index (χ3n) is 5.13. The van der Waals surface area contributed by atoms with Crippen LogP contribution in [0.5, 0.6) is 0 Å². The monoisotopic (exact) mass is 418 g/mol. The second kappa shape index (κ2) is 8.56. The third-order valence-corrected chi connectivity index (χ3v) is 5.13.